The molecule has 0 nitrogen and oxygen atoms in total. The predicted octanol–water partition coefficient (Wildman–Crippen LogP) is 9.28. The van der Waals surface area contributed by atoms with Crippen LogP contribution in [0.25, 0.3) is 43.8 Å². The molecule has 2 saturated carbocycles. The van der Waals surface area contributed by atoms with E-state index in [1.54, 1.807) is 22.3 Å². The van der Waals surface area contributed by atoms with Crippen molar-refractivity contribution in [1.29, 1.82) is 0 Å². The van der Waals surface area contributed by atoms with Crippen LogP contribution in [0.1, 0.15) is 71.6 Å². The van der Waals surface area contributed by atoms with Gasteiger partial charge in [-0.1, -0.05) is 84.9 Å². The van der Waals surface area contributed by atoms with E-state index in [0.29, 0.717) is 17.3 Å². The first-order valence-electron chi connectivity index (χ1n) is 13.6. The summed E-state index contributed by atoms with van der Waals surface area (Å²) in [5.41, 5.74) is 13.3. The molecule has 0 amide bonds. The number of hydrogen-bond donors (Lipinski definition) is 0. The van der Waals surface area contributed by atoms with Gasteiger partial charge in [-0.3, -0.25) is 0 Å². The Morgan fingerprint density at radius 1 is 0.429 bits per heavy atom. The first kappa shape index (κ1) is 18.0. The SMILES string of the molecule is c1cc2c3c(c1)C1CCC3C13C1CCC3c3c(cccc31)-c1c3ccccc3c-2c2ccccc12. The van der Waals surface area contributed by atoms with Crippen LogP contribution in [0, 0.1) is 5.41 Å². The average molecular weight is 447 g/mol. The van der Waals surface area contributed by atoms with E-state index in [0.717, 1.165) is 11.8 Å². The van der Waals surface area contributed by atoms with Crippen LogP contribution in [0.15, 0.2) is 84.9 Å². The van der Waals surface area contributed by atoms with Crippen LogP contribution in [0.3, 0.4) is 0 Å². The van der Waals surface area contributed by atoms with Crippen molar-refractivity contribution >= 4 is 21.5 Å². The third kappa shape index (κ3) is 1.72. The fourth-order valence-corrected chi connectivity index (χ4v) is 10.5. The summed E-state index contributed by atoms with van der Waals surface area (Å²) in [6.45, 7) is 0. The second-order valence-corrected chi connectivity index (χ2v) is 11.8. The average Bonchev–Trinajstić information content (AvgIpc) is 3.63. The quantitative estimate of drug-likeness (QED) is 0.208. The molecule has 5 aromatic rings. The Morgan fingerprint density at radius 2 is 0.829 bits per heavy atom. The molecule has 0 aliphatic heterocycles. The summed E-state index contributed by atoms with van der Waals surface area (Å²) < 4.78 is 0. The van der Waals surface area contributed by atoms with Gasteiger partial charge in [-0.05, 0) is 121 Å². The lowest BCUT2D eigenvalue weighted by Crippen LogP contribution is -2.27. The summed E-state index contributed by atoms with van der Waals surface area (Å²) in [7, 11) is 0. The fraction of sp³-hybridized carbons (Fsp3) is 0.257. The summed E-state index contributed by atoms with van der Waals surface area (Å²) in [5, 5.41) is 5.69. The Bertz CT molecular complexity index is 1600. The van der Waals surface area contributed by atoms with Crippen LogP contribution in [0.5, 0.6) is 0 Å². The van der Waals surface area contributed by atoms with Crippen LogP contribution in [-0.2, 0) is 0 Å². The summed E-state index contributed by atoms with van der Waals surface area (Å²) in [4.78, 5) is 0. The Hall–Kier alpha value is -3.38. The molecule has 4 unspecified atom stereocenters. The van der Waals surface area contributed by atoms with Crippen molar-refractivity contribution < 1.29 is 0 Å². The summed E-state index contributed by atoms with van der Waals surface area (Å²) in [6.07, 6.45) is 5.52. The Balaban J connectivity index is 1.55. The van der Waals surface area contributed by atoms with Gasteiger partial charge in [0.15, 0.2) is 0 Å². The van der Waals surface area contributed by atoms with E-state index in [-0.39, 0.29) is 0 Å². The molecule has 0 N–H and O–H groups in total. The molecule has 2 fully saturated rings. The highest BCUT2D eigenvalue weighted by atomic mass is 14.7. The lowest BCUT2D eigenvalue weighted by molar-refractivity contribution is 0.218. The van der Waals surface area contributed by atoms with Crippen molar-refractivity contribution in [2.45, 2.75) is 49.4 Å². The van der Waals surface area contributed by atoms with Gasteiger partial charge >= 0.3 is 0 Å². The van der Waals surface area contributed by atoms with Crippen molar-refractivity contribution in [3.05, 3.63) is 107 Å². The van der Waals surface area contributed by atoms with Gasteiger partial charge in [0.05, 0.1) is 0 Å². The van der Waals surface area contributed by atoms with Gasteiger partial charge in [0.25, 0.3) is 0 Å². The molecule has 4 atom stereocenters. The van der Waals surface area contributed by atoms with Crippen molar-refractivity contribution in [3.63, 3.8) is 0 Å². The minimum absolute atomic E-state index is 0.417. The predicted molar refractivity (Wildman–Crippen MR) is 144 cm³/mol. The largest absolute Gasteiger partial charge is 0.0616 e. The molecule has 166 valence electrons. The van der Waals surface area contributed by atoms with Crippen molar-refractivity contribution in [2.24, 2.45) is 5.41 Å². The van der Waals surface area contributed by atoms with Gasteiger partial charge in [-0.25, -0.2) is 0 Å². The molecular formula is C35H26. The topological polar surface area (TPSA) is 0 Å². The second-order valence-electron chi connectivity index (χ2n) is 11.8. The Kier molecular flexibility index (Phi) is 2.93. The molecule has 0 aromatic heterocycles. The van der Waals surface area contributed by atoms with Crippen LogP contribution < -0.4 is 0 Å². The van der Waals surface area contributed by atoms with Gasteiger partial charge in [-0.2, -0.15) is 0 Å². The minimum Gasteiger partial charge on any atom is -0.0616 e. The van der Waals surface area contributed by atoms with Gasteiger partial charge in [-0.15, -0.1) is 0 Å². The van der Waals surface area contributed by atoms with Gasteiger partial charge < -0.3 is 0 Å². The van der Waals surface area contributed by atoms with Gasteiger partial charge in [0.2, 0.25) is 0 Å². The van der Waals surface area contributed by atoms with Gasteiger partial charge in [0.1, 0.15) is 0 Å². The van der Waals surface area contributed by atoms with E-state index in [1.165, 1.54) is 69.5 Å². The van der Waals surface area contributed by atoms with E-state index < -0.39 is 0 Å². The van der Waals surface area contributed by atoms with Crippen molar-refractivity contribution in [3.8, 4) is 22.3 Å². The number of fused-ring (bicyclic) bond motifs is 2. The molecule has 5 aromatic carbocycles. The first-order chi connectivity index (χ1) is 17.4. The summed E-state index contributed by atoms with van der Waals surface area (Å²) in [6, 6.07) is 33.2. The van der Waals surface area contributed by atoms with E-state index >= 15 is 0 Å². The first-order valence-corrected chi connectivity index (χ1v) is 13.6. The highest BCUT2D eigenvalue weighted by Gasteiger charge is 2.70. The zero-order chi connectivity index (χ0) is 22.5. The highest BCUT2D eigenvalue weighted by Crippen LogP contribution is 2.83. The molecule has 0 saturated heterocycles. The van der Waals surface area contributed by atoms with Crippen LogP contribution in [-0.4, -0.2) is 0 Å². The minimum atomic E-state index is 0.417. The van der Waals surface area contributed by atoms with E-state index in [4.69, 9.17) is 0 Å². The second kappa shape index (κ2) is 5.71. The molecule has 9 bridgehead atoms. The van der Waals surface area contributed by atoms with E-state index in [9.17, 15) is 0 Å². The van der Waals surface area contributed by atoms with Gasteiger partial charge in [0, 0.05) is 0 Å². The van der Waals surface area contributed by atoms with Crippen LogP contribution in [0.4, 0.5) is 0 Å². The molecule has 0 heteroatoms. The Labute approximate surface area is 205 Å². The zero-order valence-corrected chi connectivity index (χ0v) is 19.7. The molecule has 6 aliphatic carbocycles. The number of benzene rings is 5. The maximum absolute atomic E-state index is 2.51. The summed E-state index contributed by atoms with van der Waals surface area (Å²) >= 11 is 0. The maximum atomic E-state index is 2.51. The standard InChI is InChI=1S/C35H26/c1-2-8-20-19(7-1)31-21-9-3-4-10-22(21)32(20)26-14-6-12-24-28-16-18-30(34(24)26)35(28)27-15-17-29(35)33-23(27)11-5-13-25(31)33/h1-14,27-30H,15-18H2. The maximum Gasteiger partial charge on any atom is -0.00219 e. The summed E-state index contributed by atoms with van der Waals surface area (Å²) in [5.74, 6) is 2.86. The third-order valence-corrected chi connectivity index (χ3v) is 11.1. The van der Waals surface area contributed by atoms with E-state index in [2.05, 4.69) is 84.9 Å². The number of hydrogen-bond acceptors (Lipinski definition) is 0. The normalized spacial score (nSPS) is 29.9. The van der Waals surface area contributed by atoms with E-state index in [1.807, 2.05) is 0 Å². The molecule has 11 rings (SSSR count). The molecule has 0 radical (unpaired) electrons. The third-order valence-electron chi connectivity index (χ3n) is 11.1. The van der Waals surface area contributed by atoms with Crippen molar-refractivity contribution in [2.75, 3.05) is 0 Å². The molecular weight excluding hydrogens is 420 g/mol. The fourth-order valence-electron chi connectivity index (χ4n) is 10.5. The van der Waals surface area contributed by atoms with Crippen LogP contribution in [0.2, 0.25) is 0 Å². The monoisotopic (exact) mass is 446 g/mol. The molecule has 35 heavy (non-hydrogen) atoms. The molecule has 0 heterocycles. The lowest BCUT2D eigenvalue weighted by Gasteiger charge is -2.36. The molecule has 6 aliphatic rings. The highest BCUT2D eigenvalue weighted by molar-refractivity contribution is 6.22. The Morgan fingerprint density at radius 3 is 1.26 bits per heavy atom. The molecule has 1 spiro atoms. The zero-order valence-electron chi connectivity index (χ0n) is 19.7. The van der Waals surface area contributed by atoms with Crippen molar-refractivity contribution in [1.82, 2.24) is 0 Å². The van der Waals surface area contributed by atoms with Crippen LogP contribution >= 0.6 is 0 Å². The lowest BCUT2D eigenvalue weighted by atomic mass is 9.66. The smallest absolute Gasteiger partial charge is 0.00219 e. The number of rotatable bonds is 0.